The second-order valence-corrected chi connectivity index (χ2v) is 6.03. The Labute approximate surface area is 126 Å². The van der Waals surface area contributed by atoms with Gasteiger partial charge in [0, 0.05) is 4.90 Å². The van der Waals surface area contributed by atoms with E-state index in [0.29, 0.717) is 0 Å². The maximum Gasteiger partial charge on any atom is 0.0116 e. The maximum absolute atomic E-state index is 4.12. The fourth-order valence-electron chi connectivity index (χ4n) is 1.85. The summed E-state index contributed by atoms with van der Waals surface area (Å²) in [6.07, 6.45) is 3.01. The highest BCUT2D eigenvalue weighted by Crippen LogP contribution is 2.20. The lowest BCUT2D eigenvalue weighted by Gasteiger charge is -2.02. The van der Waals surface area contributed by atoms with Crippen LogP contribution in [0.2, 0.25) is 0 Å². The predicted molar refractivity (Wildman–Crippen MR) is 90.2 cm³/mol. The molecule has 0 atom stereocenters. The molecule has 0 aliphatic heterocycles. The van der Waals surface area contributed by atoms with Crippen molar-refractivity contribution in [3.05, 3.63) is 88.9 Å². The van der Waals surface area contributed by atoms with Crippen LogP contribution >= 0.6 is 11.8 Å². The van der Waals surface area contributed by atoms with Crippen LogP contribution in [0, 0.1) is 13.8 Å². The number of aryl methyl sites for hydroxylation is 2. The van der Waals surface area contributed by atoms with Gasteiger partial charge in [-0.3, -0.25) is 0 Å². The highest BCUT2D eigenvalue weighted by Gasteiger charge is 1.95. The quantitative estimate of drug-likeness (QED) is 0.499. The van der Waals surface area contributed by atoms with E-state index in [-0.39, 0.29) is 0 Å². The molecule has 0 N–H and O–H groups in total. The van der Waals surface area contributed by atoms with Crippen LogP contribution in [0.25, 0.3) is 0 Å². The van der Waals surface area contributed by atoms with Gasteiger partial charge in [-0.15, -0.1) is 0 Å². The van der Waals surface area contributed by atoms with E-state index in [2.05, 4.69) is 80.4 Å². The second kappa shape index (κ2) is 7.16. The van der Waals surface area contributed by atoms with Crippen molar-refractivity contribution >= 4 is 11.8 Å². The van der Waals surface area contributed by atoms with Crippen molar-refractivity contribution in [2.24, 2.45) is 0 Å². The first-order valence-corrected chi connectivity index (χ1v) is 7.64. The number of hydrogen-bond donors (Lipinski definition) is 0. The normalized spacial score (nSPS) is 10.9. The molecule has 0 nitrogen and oxygen atoms in total. The smallest absolute Gasteiger partial charge is 0.0116 e. The van der Waals surface area contributed by atoms with Gasteiger partial charge in [0.1, 0.15) is 0 Å². The molecular weight excluding hydrogens is 260 g/mol. The fourth-order valence-corrected chi connectivity index (χ4v) is 2.56. The van der Waals surface area contributed by atoms with Gasteiger partial charge in [-0.05, 0) is 43.4 Å². The van der Waals surface area contributed by atoms with E-state index in [1.165, 1.54) is 21.6 Å². The Kier molecular flexibility index (Phi) is 5.25. The Morgan fingerprint density at radius 3 is 2.10 bits per heavy atom. The van der Waals surface area contributed by atoms with E-state index in [1.54, 1.807) is 11.8 Å². The van der Waals surface area contributed by atoms with Crippen molar-refractivity contribution in [1.82, 2.24) is 0 Å². The Morgan fingerprint density at radius 2 is 1.50 bits per heavy atom. The van der Waals surface area contributed by atoms with E-state index >= 15 is 0 Å². The van der Waals surface area contributed by atoms with Crippen LogP contribution in [-0.4, -0.2) is 0 Å². The summed E-state index contributed by atoms with van der Waals surface area (Å²) in [6, 6.07) is 17.2. The molecule has 0 amide bonds. The lowest BCUT2D eigenvalue weighted by molar-refractivity contribution is 1.20. The number of allylic oxidation sites excluding steroid dienone is 2. The SMILES string of the molecule is C=C(/C=C/Sc1ccc(C)cc1)Cc1ccc(C)cc1. The summed E-state index contributed by atoms with van der Waals surface area (Å²) in [5, 5.41) is 2.11. The molecule has 2 rings (SSSR count). The summed E-state index contributed by atoms with van der Waals surface area (Å²) in [5.74, 6) is 0. The standard InChI is InChI=1S/C19H20S/c1-15-4-8-18(9-5-15)14-17(3)12-13-20-19-10-6-16(2)7-11-19/h4-13H,3,14H2,1-2H3/b13-12+. The topological polar surface area (TPSA) is 0 Å². The Hall–Kier alpha value is -1.73. The summed E-state index contributed by atoms with van der Waals surface area (Å²) in [5.41, 5.74) is 5.03. The third-order valence-electron chi connectivity index (χ3n) is 3.08. The zero-order valence-electron chi connectivity index (χ0n) is 12.1. The summed E-state index contributed by atoms with van der Waals surface area (Å²) in [6.45, 7) is 8.33. The van der Waals surface area contributed by atoms with Crippen LogP contribution < -0.4 is 0 Å². The van der Waals surface area contributed by atoms with Crippen molar-refractivity contribution < 1.29 is 0 Å². The second-order valence-electron chi connectivity index (χ2n) is 5.05. The van der Waals surface area contributed by atoms with Gasteiger partial charge in [-0.25, -0.2) is 0 Å². The van der Waals surface area contributed by atoms with Gasteiger partial charge in [0.2, 0.25) is 0 Å². The van der Waals surface area contributed by atoms with Crippen LogP contribution in [0.15, 0.2) is 77.1 Å². The van der Waals surface area contributed by atoms with Crippen molar-refractivity contribution in [2.45, 2.75) is 25.2 Å². The van der Waals surface area contributed by atoms with Crippen LogP contribution in [0.3, 0.4) is 0 Å². The lowest BCUT2D eigenvalue weighted by atomic mass is 10.1. The molecule has 0 radical (unpaired) electrons. The minimum atomic E-state index is 0.908. The fraction of sp³-hybridized carbons (Fsp3) is 0.158. The molecule has 0 aromatic heterocycles. The van der Waals surface area contributed by atoms with Crippen molar-refractivity contribution in [3.63, 3.8) is 0 Å². The Balaban J connectivity index is 1.86. The van der Waals surface area contributed by atoms with Crippen LogP contribution in [0.5, 0.6) is 0 Å². The minimum absolute atomic E-state index is 0.908. The molecule has 0 aliphatic carbocycles. The van der Waals surface area contributed by atoms with Gasteiger partial charge >= 0.3 is 0 Å². The van der Waals surface area contributed by atoms with Gasteiger partial charge < -0.3 is 0 Å². The first kappa shape index (κ1) is 14.7. The molecule has 1 heteroatoms. The van der Waals surface area contributed by atoms with Crippen molar-refractivity contribution in [2.75, 3.05) is 0 Å². The molecule has 2 aromatic carbocycles. The highest BCUT2D eigenvalue weighted by atomic mass is 32.2. The zero-order chi connectivity index (χ0) is 14.4. The van der Waals surface area contributed by atoms with Crippen LogP contribution in [0.4, 0.5) is 0 Å². The highest BCUT2D eigenvalue weighted by molar-refractivity contribution is 8.02. The number of thioether (sulfide) groups is 1. The predicted octanol–water partition coefficient (Wildman–Crippen LogP) is 5.71. The van der Waals surface area contributed by atoms with Gasteiger partial charge in [0.05, 0.1) is 0 Å². The first-order valence-electron chi connectivity index (χ1n) is 6.77. The molecule has 102 valence electrons. The summed E-state index contributed by atoms with van der Waals surface area (Å²) >= 11 is 1.73. The molecule has 0 unspecified atom stereocenters. The monoisotopic (exact) mass is 280 g/mol. The maximum atomic E-state index is 4.12. The molecule has 0 saturated carbocycles. The zero-order valence-corrected chi connectivity index (χ0v) is 12.9. The summed E-state index contributed by atoms with van der Waals surface area (Å²) in [4.78, 5) is 1.26. The average molecular weight is 280 g/mol. The first-order chi connectivity index (χ1) is 9.63. The molecular formula is C19H20S. The molecule has 0 aliphatic rings. The molecule has 0 heterocycles. The van der Waals surface area contributed by atoms with Gasteiger partial charge in [-0.2, -0.15) is 0 Å². The molecule has 20 heavy (non-hydrogen) atoms. The van der Waals surface area contributed by atoms with E-state index in [4.69, 9.17) is 0 Å². The molecule has 0 spiro atoms. The Morgan fingerprint density at radius 1 is 0.950 bits per heavy atom. The molecule has 0 fully saturated rings. The minimum Gasteiger partial charge on any atom is -0.0981 e. The van der Waals surface area contributed by atoms with Crippen molar-refractivity contribution in [3.8, 4) is 0 Å². The Bertz CT molecular complexity index is 589. The number of hydrogen-bond acceptors (Lipinski definition) is 1. The van der Waals surface area contributed by atoms with E-state index in [1.807, 2.05) is 0 Å². The number of benzene rings is 2. The summed E-state index contributed by atoms with van der Waals surface area (Å²) in [7, 11) is 0. The van der Waals surface area contributed by atoms with E-state index < -0.39 is 0 Å². The lowest BCUT2D eigenvalue weighted by Crippen LogP contribution is -1.86. The van der Waals surface area contributed by atoms with E-state index in [9.17, 15) is 0 Å². The third kappa shape index (κ3) is 4.75. The number of rotatable bonds is 5. The van der Waals surface area contributed by atoms with Crippen molar-refractivity contribution in [1.29, 1.82) is 0 Å². The van der Waals surface area contributed by atoms with Gasteiger partial charge in [-0.1, -0.05) is 77.5 Å². The average Bonchev–Trinajstić information content (AvgIpc) is 2.44. The van der Waals surface area contributed by atoms with Crippen LogP contribution in [0.1, 0.15) is 16.7 Å². The largest absolute Gasteiger partial charge is 0.0981 e. The summed E-state index contributed by atoms with van der Waals surface area (Å²) < 4.78 is 0. The van der Waals surface area contributed by atoms with E-state index in [0.717, 1.165) is 12.0 Å². The molecule has 2 aromatic rings. The van der Waals surface area contributed by atoms with Gasteiger partial charge in [0.15, 0.2) is 0 Å². The third-order valence-corrected chi connectivity index (χ3v) is 3.90. The van der Waals surface area contributed by atoms with Crippen LogP contribution in [-0.2, 0) is 6.42 Å². The van der Waals surface area contributed by atoms with Gasteiger partial charge in [0.25, 0.3) is 0 Å². The molecule has 0 bridgehead atoms. The molecule has 0 saturated heterocycles.